The molecule has 0 amide bonds. The van der Waals surface area contributed by atoms with Gasteiger partial charge in [-0.3, -0.25) is 9.59 Å². The molecule has 0 saturated carbocycles. The van der Waals surface area contributed by atoms with Crippen molar-refractivity contribution in [2.75, 3.05) is 13.2 Å². The van der Waals surface area contributed by atoms with Crippen LogP contribution in [0, 0.1) is 0 Å². The number of aromatic hydroxyl groups is 4. The Bertz CT molecular complexity index is 1700. The predicted octanol–water partition coefficient (Wildman–Crippen LogP) is -2.45. The largest absolute Gasteiger partial charge is 0.504 e. The Kier molecular flexibility index (Phi) is 9.51. The van der Waals surface area contributed by atoms with Gasteiger partial charge in [-0.2, -0.15) is 0 Å². The van der Waals surface area contributed by atoms with Crippen molar-refractivity contribution < 1.29 is 84.3 Å². The number of ether oxygens (including phenoxy) is 4. The van der Waals surface area contributed by atoms with E-state index >= 15 is 0 Å². The van der Waals surface area contributed by atoms with Crippen LogP contribution in [0.1, 0.15) is 18.6 Å². The SMILES string of the molecule is CC(=O)OC[C@H]1O[C@@H](Oc2c(O)c([C@@H]3O[C@H](CO)[C@@H](O)[C@H](O)[C@H]3O)c3oc(-c4ccc(O)c(O)c4)cc(=O)c3c2O)[C@H](O)[C@@H](O)[C@@H]1O. The first-order chi connectivity index (χ1) is 22.2. The maximum absolute atomic E-state index is 13.5. The van der Waals surface area contributed by atoms with Crippen molar-refractivity contribution in [3.8, 4) is 40.1 Å². The van der Waals surface area contributed by atoms with Gasteiger partial charge in [0.15, 0.2) is 34.0 Å². The summed E-state index contributed by atoms with van der Waals surface area (Å²) in [4.78, 5) is 24.8. The van der Waals surface area contributed by atoms with Gasteiger partial charge in [-0.05, 0) is 18.2 Å². The van der Waals surface area contributed by atoms with Crippen LogP contribution in [0.3, 0.4) is 0 Å². The molecule has 3 aromatic rings. The topological polar surface area (TPSA) is 307 Å². The third-order valence-electron chi connectivity index (χ3n) is 7.90. The van der Waals surface area contributed by atoms with Crippen LogP contribution in [0.2, 0.25) is 0 Å². The van der Waals surface area contributed by atoms with Gasteiger partial charge in [0.2, 0.25) is 12.0 Å². The van der Waals surface area contributed by atoms with Crippen LogP contribution >= 0.6 is 0 Å². The maximum Gasteiger partial charge on any atom is 0.302 e. The van der Waals surface area contributed by atoms with E-state index in [2.05, 4.69) is 0 Å². The smallest absolute Gasteiger partial charge is 0.302 e. The number of benzene rings is 2. The molecule has 47 heavy (non-hydrogen) atoms. The van der Waals surface area contributed by atoms with E-state index in [0.717, 1.165) is 25.1 Å². The minimum Gasteiger partial charge on any atom is -0.504 e. The summed E-state index contributed by atoms with van der Waals surface area (Å²) in [5, 5.41) is 115. The molecule has 2 aliphatic heterocycles. The number of aliphatic hydroxyl groups is 7. The normalized spacial score (nSPS) is 31.1. The molecular formula is C29H32O18. The van der Waals surface area contributed by atoms with Crippen LogP contribution < -0.4 is 10.2 Å². The summed E-state index contributed by atoms with van der Waals surface area (Å²) in [5.41, 5.74) is -2.34. The number of rotatable bonds is 7. The van der Waals surface area contributed by atoms with E-state index in [9.17, 15) is 65.8 Å². The molecule has 0 aliphatic carbocycles. The van der Waals surface area contributed by atoms with Gasteiger partial charge >= 0.3 is 5.97 Å². The van der Waals surface area contributed by atoms with Crippen molar-refractivity contribution in [3.63, 3.8) is 0 Å². The maximum atomic E-state index is 13.5. The summed E-state index contributed by atoms with van der Waals surface area (Å²) in [6.07, 6.45) is -18.7. The molecule has 0 bridgehead atoms. The zero-order valence-corrected chi connectivity index (χ0v) is 24.3. The second kappa shape index (κ2) is 13.1. The molecule has 1 aromatic heterocycles. The van der Waals surface area contributed by atoms with Crippen LogP contribution in [0.4, 0.5) is 0 Å². The molecule has 2 saturated heterocycles. The molecule has 18 heteroatoms. The quantitative estimate of drug-likeness (QED) is 0.0919. The molecule has 10 atom stereocenters. The Morgan fingerprint density at radius 1 is 0.809 bits per heavy atom. The zero-order valence-electron chi connectivity index (χ0n) is 24.3. The number of phenolic OH excluding ortho intramolecular Hbond substituents is 4. The van der Waals surface area contributed by atoms with Gasteiger partial charge in [-0.15, -0.1) is 0 Å². The monoisotopic (exact) mass is 668 g/mol. The number of hydrogen-bond acceptors (Lipinski definition) is 18. The lowest BCUT2D eigenvalue weighted by atomic mass is 9.89. The molecule has 0 radical (unpaired) electrons. The van der Waals surface area contributed by atoms with Gasteiger partial charge < -0.3 is 79.5 Å². The number of aliphatic hydroxyl groups excluding tert-OH is 7. The highest BCUT2D eigenvalue weighted by molar-refractivity contribution is 5.93. The third-order valence-corrected chi connectivity index (χ3v) is 7.90. The van der Waals surface area contributed by atoms with Gasteiger partial charge in [-0.1, -0.05) is 0 Å². The van der Waals surface area contributed by atoms with Crippen molar-refractivity contribution in [2.45, 2.75) is 68.1 Å². The van der Waals surface area contributed by atoms with Gasteiger partial charge in [0, 0.05) is 18.6 Å². The molecule has 5 rings (SSSR count). The van der Waals surface area contributed by atoms with E-state index in [4.69, 9.17) is 23.4 Å². The van der Waals surface area contributed by atoms with Crippen LogP contribution in [0.5, 0.6) is 28.7 Å². The lowest BCUT2D eigenvalue weighted by molar-refractivity contribution is -0.278. The summed E-state index contributed by atoms with van der Waals surface area (Å²) in [6.45, 7) is -0.456. The highest BCUT2D eigenvalue weighted by Gasteiger charge is 2.49. The fourth-order valence-electron chi connectivity index (χ4n) is 5.36. The van der Waals surface area contributed by atoms with Crippen molar-refractivity contribution >= 4 is 16.9 Å². The number of carbonyl (C=O) groups excluding carboxylic acids is 1. The van der Waals surface area contributed by atoms with Crippen molar-refractivity contribution in [2.24, 2.45) is 0 Å². The summed E-state index contributed by atoms with van der Waals surface area (Å²) in [7, 11) is 0. The van der Waals surface area contributed by atoms with Gasteiger partial charge in [0.25, 0.3) is 0 Å². The lowest BCUT2D eigenvalue weighted by Gasteiger charge is -2.41. The number of phenols is 4. The molecule has 0 unspecified atom stereocenters. The fraction of sp³-hybridized carbons (Fsp3) is 0.448. The van der Waals surface area contributed by atoms with Crippen molar-refractivity contribution in [1.82, 2.24) is 0 Å². The van der Waals surface area contributed by atoms with E-state index in [1.165, 1.54) is 6.07 Å². The third kappa shape index (κ3) is 6.13. The summed E-state index contributed by atoms with van der Waals surface area (Å²) < 4.78 is 27.2. The van der Waals surface area contributed by atoms with Gasteiger partial charge in [-0.25, -0.2) is 0 Å². The van der Waals surface area contributed by atoms with E-state index in [-0.39, 0.29) is 11.3 Å². The molecular weight excluding hydrogens is 636 g/mol. The average molecular weight is 669 g/mol. The zero-order chi connectivity index (χ0) is 34.5. The minimum absolute atomic E-state index is 0.0171. The van der Waals surface area contributed by atoms with E-state index in [0.29, 0.717) is 0 Å². The molecule has 2 aliphatic rings. The lowest BCUT2D eigenvalue weighted by Crippen LogP contribution is -2.60. The Labute approximate surface area is 263 Å². The van der Waals surface area contributed by atoms with Crippen molar-refractivity contribution in [1.29, 1.82) is 0 Å². The van der Waals surface area contributed by atoms with E-state index in [1.54, 1.807) is 0 Å². The molecule has 2 fully saturated rings. The Morgan fingerprint density at radius 3 is 2.11 bits per heavy atom. The summed E-state index contributed by atoms with van der Waals surface area (Å²) >= 11 is 0. The second-order valence-electron chi connectivity index (χ2n) is 11.0. The standard InChI is InChI=1S/C29H32O18/c1-8(31)43-7-15-19(36)23(40)25(42)29(46-15)47-28-20(37)16-12(34)5-13(9-2-3-10(32)11(33)4-9)44-26(16)17(21(28)38)27-24(41)22(39)18(35)14(6-30)45-27/h2-5,14-15,18-19,22-25,27,29-30,32-33,35-42H,6-7H2,1H3/t14-,15-,18-,19-,22+,23+,24-,25-,27+,29+/m1/s1. The number of hydrogen-bond donors (Lipinski definition) is 11. The first-order valence-corrected chi connectivity index (χ1v) is 14.0. The van der Waals surface area contributed by atoms with Crippen LogP contribution in [0.25, 0.3) is 22.3 Å². The molecule has 0 spiro atoms. The molecule has 18 nitrogen and oxygen atoms in total. The van der Waals surface area contributed by atoms with E-state index < -0.39 is 131 Å². The number of fused-ring (bicyclic) bond motifs is 1. The van der Waals surface area contributed by atoms with Crippen molar-refractivity contribution in [3.05, 3.63) is 40.1 Å². The molecule has 3 heterocycles. The Balaban J connectivity index is 1.70. The highest BCUT2D eigenvalue weighted by Crippen LogP contribution is 2.51. The first kappa shape index (κ1) is 34.1. The molecule has 256 valence electrons. The summed E-state index contributed by atoms with van der Waals surface area (Å²) in [5.74, 6) is -5.44. The van der Waals surface area contributed by atoms with Crippen LogP contribution in [-0.2, 0) is 19.0 Å². The highest BCUT2D eigenvalue weighted by atomic mass is 16.7. The first-order valence-electron chi connectivity index (χ1n) is 14.0. The van der Waals surface area contributed by atoms with Crippen LogP contribution in [-0.4, -0.2) is 130 Å². The van der Waals surface area contributed by atoms with Gasteiger partial charge in [0.05, 0.1) is 12.2 Å². The Morgan fingerprint density at radius 2 is 1.47 bits per heavy atom. The number of esters is 1. The predicted molar refractivity (Wildman–Crippen MR) is 151 cm³/mol. The van der Waals surface area contributed by atoms with Gasteiger partial charge in [0.1, 0.15) is 72.7 Å². The van der Waals surface area contributed by atoms with Crippen LogP contribution in [0.15, 0.2) is 33.5 Å². The molecule has 2 aromatic carbocycles. The Hall–Kier alpha value is -4.24. The minimum atomic E-state index is -2.08. The summed E-state index contributed by atoms with van der Waals surface area (Å²) in [6, 6.07) is 4.21. The fourth-order valence-corrected chi connectivity index (χ4v) is 5.36. The molecule has 11 N–H and O–H groups in total. The number of carbonyl (C=O) groups is 1. The average Bonchev–Trinajstić information content (AvgIpc) is 3.03. The second-order valence-corrected chi connectivity index (χ2v) is 11.0. The van der Waals surface area contributed by atoms with E-state index in [1.807, 2.05) is 0 Å².